The van der Waals surface area contributed by atoms with Gasteiger partial charge < -0.3 is 10.0 Å². The van der Waals surface area contributed by atoms with Gasteiger partial charge in [0.2, 0.25) is 0 Å². The molecule has 1 heterocycles. The van der Waals surface area contributed by atoms with Crippen LogP contribution in [0.1, 0.15) is 51.3 Å². The number of hydrogen-bond acceptors (Lipinski definition) is 4. The van der Waals surface area contributed by atoms with Crippen LogP contribution in [0.2, 0.25) is 0 Å². The second-order valence-electron chi connectivity index (χ2n) is 5.27. The number of aliphatic hydroxyl groups excluding tert-OH is 1. The number of hydrogen-bond donors (Lipinski definition) is 1. The third kappa shape index (κ3) is 2.99. The first-order valence-corrected chi connectivity index (χ1v) is 7.32. The lowest BCUT2D eigenvalue weighted by molar-refractivity contribution is 0.195. The molecule has 0 aromatic carbocycles. The average Bonchev–Trinajstić information content (AvgIpc) is 2.77. The molecule has 3 nitrogen and oxygen atoms in total. The molecular weight excluding hydrogens is 232 g/mol. The Kier molecular flexibility index (Phi) is 4.05. The molecule has 0 saturated heterocycles. The Morgan fingerprint density at radius 1 is 1.53 bits per heavy atom. The van der Waals surface area contributed by atoms with E-state index in [1.807, 2.05) is 5.38 Å². The van der Waals surface area contributed by atoms with Crippen LogP contribution in [0.4, 0.5) is 5.13 Å². The van der Waals surface area contributed by atoms with Gasteiger partial charge in [0.15, 0.2) is 5.13 Å². The Morgan fingerprint density at radius 2 is 2.29 bits per heavy atom. The molecule has 2 rings (SSSR count). The van der Waals surface area contributed by atoms with Crippen LogP contribution in [-0.2, 0) is 0 Å². The minimum absolute atomic E-state index is 0.460. The summed E-state index contributed by atoms with van der Waals surface area (Å²) >= 11 is 1.64. The van der Waals surface area contributed by atoms with E-state index in [1.165, 1.54) is 25.7 Å². The summed E-state index contributed by atoms with van der Waals surface area (Å²) in [5.41, 5.74) is 0.792. The zero-order valence-corrected chi connectivity index (χ0v) is 11.7. The Balaban J connectivity index is 2.04. The molecular formula is C13H22N2OS. The standard InChI is InChI=1S/C13H22N2OS/c1-9-5-4-6-11(7-9)15(3)13-14-12(8-17-13)10(2)16/h8-11,16H,4-7H2,1-3H3. The number of rotatable bonds is 3. The normalized spacial score (nSPS) is 26.8. The van der Waals surface area contributed by atoms with Gasteiger partial charge >= 0.3 is 0 Å². The van der Waals surface area contributed by atoms with Crippen LogP contribution in [0, 0.1) is 5.92 Å². The van der Waals surface area contributed by atoms with Gasteiger partial charge in [-0.3, -0.25) is 0 Å². The first kappa shape index (κ1) is 12.8. The van der Waals surface area contributed by atoms with Gasteiger partial charge in [-0.2, -0.15) is 0 Å². The van der Waals surface area contributed by atoms with Gasteiger partial charge in [0.05, 0.1) is 11.8 Å². The molecule has 0 aliphatic heterocycles. The summed E-state index contributed by atoms with van der Waals surface area (Å²) < 4.78 is 0. The molecule has 96 valence electrons. The van der Waals surface area contributed by atoms with E-state index in [1.54, 1.807) is 18.3 Å². The zero-order chi connectivity index (χ0) is 12.4. The Bertz CT molecular complexity index is 364. The number of aliphatic hydroxyl groups is 1. The lowest BCUT2D eigenvalue weighted by Gasteiger charge is -2.33. The second-order valence-corrected chi connectivity index (χ2v) is 6.10. The third-order valence-corrected chi connectivity index (χ3v) is 4.65. The second kappa shape index (κ2) is 5.36. The maximum Gasteiger partial charge on any atom is 0.185 e. The van der Waals surface area contributed by atoms with E-state index < -0.39 is 6.10 Å². The highest BCUT2D eigenvalue weighted by Gasteiger charge is 2.24. The van der Waals surface area contributed by atoms with Crippen LogP contribution in [0.25, 0.3) is 0 Å². The maximum absolute atomic E-state index is 9.50. The van der Waals surface area contributed by atoms with Crippen LogP contribution < -0.4 is 4.90 Å². The fourth-order valence-corrected chi connectivity index (χ4v) is 3.49. The molecule has 1 saturated carbocycles. The molecule has 0 amide bonds. The topological polar surface area (TPSA) is 36.4 Å². The van der Waals surface area contributed by atoms with Crippen LogP contribution in [0.3, 0.4) is 0 Å². The minimum Gasteiger partial charge on any atom is -0.387 e. The van der Waals surface area contributed by atoms with E-state index in [-0.39, 0.29) is 0 Å². The van der Waals surface area contributed by atoms with Gasteiger partial charge in [-0.1, -0.05) is 19.8 Å². The third-order valence-electron chi connectivity index (χ3n) is 3.70. The quantitative estimate of drug-likeness (QED) is 0.900. The van der Waals surface area contributed by atoms with Crippen molar-refractivity contribution in [3.05, 3.63) is 11.1 Å². The van der Waals surface area contributed by atoms with Crippen molar-refractivity contribution in [1.82, 2.24) is 4.98 Å². The van der Waals surface area contributed by atoms with E-state index in [2.05, 4.69) is 23.9 Å². The fourth-order valence-electron chi connectivity index (χ4n) is 2.54. The predicted octanol–water partition coefficient (Wildman–Crippen LogP) is 3.21. The van der Waals surface area contributed by atoms with E-state index in [4.69, 9.17) is 0 Å². The molecule has 3 unspecified atom stereocenters. The smallest absolute Gasteiger partial charge is 0.185 e. The van der Waals surface area contributed by atoms with Crippen molar-refractivity contribution in [2.45, 2.75) is 51.7 Å². The summed E-state index contributed by atoms with van der Waals surface area (Å²) in [4.78, 5) is 6.80. The molecule has 4 heteroatoms. The molecule has 1 aromatic heterocycles. The highest BCUT2D eigenvalue weighted by Crippen LogP contribution is 2.31. The molecule has 0 radical (unpaired) electrons. The summed E-state index contributed by atoms with van der Waals surface area (Å²) in [7, 11) is 2.13. The van der Waals surface area contributed by atoms with Crippen molar-refractivity contribution in [3.8, 4) is 0 Å². The van der Waals surface area contributed by atoms with Crippen molar-refractivity contribution in [2.75, 3.05) is 11.9 Å². The Morgan fingerprint density at radius 3 is 2.88 bits per heavy atom. The lowest BCUT2D eigenvalue weighted by atomic mass is 9.86. The number of thiazole rings is 1. The average molecular weight is 254 g/mol. The molecule has 1 aliphatic rings. The molecule has 1 N–H and O–H groups in total. The Hall–Kier alpha value is -0.610. The zero-order valence-electron chi connectivity index (χ0n) is 10.9. The number of nitrogens with zero attached hydrogens (tertiary/aromatic N) is 2. The molecule has 0 bridgehead atoms. The highest BCUT2D eigenvalue weighted by atomic mass is 32.1. The maximum atomic E-state index is 9.50. The highest BCUT2D eigenvalue weighted by molar-refractivity contribution is 7.13. The first-order valence-electron chi connectivity index (χ1n) is 6.44. The van der Waals surface area contributed by atoms with E-state index in [0.29, 0.717) is 6.04 Å². The largest absolute Gasteiger partial charge is 0.387 e. The van der Waals surface area contributed by atoms with Gasteiger partial charge in [0.25, 0.3) is 0 Å². The predicted molar refractivity (Wildman–Crippen MR) is 72.6 cm³/mol. The summed E-state index contributed by atoms with van der Waals surface area (Å²) in [6, 6.07) is 0.617. The van der Waals surface area contributed by atoms with Crippen molar-refractivity contribution in [1.29, 1.82) is 0 Å². The van der Waals surface area contributed by atoms with Gasteiger partial charge in [0.1, 0.15) is 0 Å². The van der Waals surface area contributed by atoms with Crippen molar-refractivity contribution in [2.24, 2.45) is 5.92 Å². The van der Waals surface area contributed by atoms with Gasteiger partial charge in [0, 0.05) is 18.5 Å². The van der Waals surface area contributed by atoms with E-state index >= 15 is 0 Å². The minimum atomic E-state index is -0.460. The molecule has 0 spiro atoms. The van der Waals surface area contributed by atoms with Crippen LogP contribution in [0.5, 0.6) is 0 Å². The molecule has 1 fully saturated rings. The summed E-state index contributed by atoms with van der Waals surface area (Å²) in [6.07, 6.45) is 4.76. The van der Waals surface area contributed by atoms with Crippen LogP contribution >= 0.6 is 11.3 Å². The van der Waals surface area contributed by atoms with Crippen molar-refractivity contribution < 1.29 is 5.11 Å². The monoisotopic (exact) mass is 254 g/mol. The summed E-state index contributed by atoms with van der Waals surface area (Å²) in [5.74, 6) is 0.826. The van der Waals surface area contributed by atoms with E-state index in [0.717, 1.165) is 16.7 Å². The SMILES string of the molecule is CC1CCCC(N(C)c2nc(C(C)O)cs2)C1. The van der Waals surface area contributed by atoms with Crippen molar-refractivity contribution >= 4 is 16.5 Å². The van der Waals surface area contributed by atoms with Gasteiger partial charge in [-0.05, 0) is 25.7 Å². The number of anilines is 1. The molecule has 1 aliphatic carbocycles. The molecule has 17 heavy (non-hydrogen) atoms. The van der Waals surface area contributed by atoms with Gasteiger partial charge in [-0.25, -0.2) is 4.98 Å². The number of aromatic nitrogens is 1. The lowest BCUT2D eigenvalue weighted by Crippen LogP contribution is -2.35. The molecule has 3 atom stereocenters. The van der Waals surface area contributed by atoms with Gasteiger partial charge in [-0.15, -0.1) is 11.3 Å². The Labute approximate surface area is 107 Å². The van der Waals surface area contributed by atoms with E-state index in [9.17, 15) is 5.11 Å². The fraction of sp³-hybridized carbons (Fsp3) is 0.769. The van der Waals surface area contributed by atoms with Crippen molar-refractivity contribution in [3.63, 3.8) is 0 Å². The van der Waals surface area contributed by atoms with Crippen LogP contribution in [-0.4, -0.2) is 23.2 Å². The first-order chi connectivity index (χ1) is 8.08. The summed E-state index contributed by atoms with van der Waals surface area (Å²) in [5, 5.41) is 12.5. The summed E-state index contributed by atoms with van der Waals surface area (Å²) in [6.45, 7) is 4.10. The molecule has 1 aromatic rings. The van der Waals surface area contributed by atoms with Crippen LogP contribution in [0.15, 0.2) is 5.38 Å².